The summed E-state index contributed by atoms with van der Waals surface area (Å²) in [5.41, 5.74) is 0.938. The third-order valence-electron chi connectivity index (χ3n) is 7.42. The van der Waals surface area contributed by atoms with Gasteiger partial charge in [0.2, 0.25) is 0 Å². The van der Waals surface area contributed by atoms with Crippen molar-refractivity contribution < 1.29 is 62.2 Å². The second kappa shape index (κ2) is 17.6. The second-order valence-corrected chi connectivity index (χ2v) is 14.1. The maximum atomic E-state index is 13.0. The van der Waals surface area contributed by atoms with Crippen LogP contribution in [0.5, 0.6) is 11.5 Å². The number of aromatic nitrogens is 6. The highest BCUT2D eigenvalue weighted by atomic mass is 32.2. The predicted molar refractivity (Wildman–Crippen MR) is 190 cm³/mol. The van der Waals surface area contributed by atoms with Crippen molar-refractivity contribution in [1.82, 2.24) is 30.0 Å². The fourth-order valence-electron chi connectivity index (χ4n) is 4.98. The van der Waals surface area contributed by atoms with Gasteiger partial charge in [0.1, 0.15) is 22.9 Å². The lowest BCUT2D eigenvalue weighted by Crippen LogP contribution is -2.16. The number of hydrogen-bond donors (Lipinski definition) is 0. The summed E-state index contributed by atoms with van der Waals surface area (Å²) in [6, 6.07) is 16.7. The second-order valence-electron chi connectivity index (χ2n) is 11.5. The van der Waals surface area contributed by atoms with Gasteiger partial charge in [0.15, 0.2) is 0 Å². The Kier molecular flexibility index (Phi) is 13.3. The van der Waals surface area contributed by atoms with Gasteiger partial charge in [-0.1, -0.05) is 24.3 Å². The fraction of sp³-hybridized carbons (Fsp3) is 0.222. The molecule has 0 bridgehead atoms. The number of alkyl halides is 12. The van der Waals surface area contributed by atoms with Gasteiger partial charge in [-0.3, -0.25) is 0 Å². The van der Waals surface area contributed by atoms with E-state index in [9.17, 15) is 52.7 Å². The maximum absolute atomic E-state index is 13.0. The van der Waals surface area contributed by atoms with Crippen molar-refractivity contribution in [2.75, 3.05) is 11.5 Å². The summed E-state index contributed by atoms with van der Waals surface area (Å²) in [6.45, 7) is 3.62. The molecule has 0 aliphatic rings. The van der Waals surface area contributed by atoms with E-state index >= 15 is 0 Å². The molecule has 0 radical (unpaired) electrons. The first kappa shape index (κ1) is 43.7. The van der Waals surface area contributed by atoms with Gasteiger partial charge in [-0.2, -0.15) is 26.3 Å². The quantitative estimate of drug-likeness (QED) is 0.0995. The first-order valence-electron chi connectivity index (χ1n) is 16.4. The fourth-order valence-corrected chi connectivity index (χ4v) is 6.65. The molecule has 6 aromatic rings. The van der Waals surface area contributed by atoms with Crippen LogP contribution >= 0.6 is 23.5 Å². The van der Waals surface area contributed by atoms with Gasteiger partial charge < -0.3 is 9.47 Å². The molecule has 308 valence electrons. The summed E-state index contributed by atoms with van der Waals surface area (Å²) < 4.78 is 162. The van der Waals surface area contributed by atoms with Crippen molar-refractivity contribution in [1.29, 1.82) is 0 Å². The minimum absolute atomic E-state index is 0.343. The Morgan fingerprint density at radius 2 is 0.845 bits per heavy atom. The summed E-state index contributed by atoms with van der Waals surface area (Å²) in [5, 5.41) is 15.8. The van der Waals surface area contributed by atoms with E-state index in [1.54, 1.807) is 0 Å². The van der Waals surface area contributed by atoms with Gasteiger partial charge in [-0.25, -0.2) is 9.36 Å². The average molecular weight is 867 g/mol. The molecule has 0 atom stereocenters. The number of thioether (sulfide) groups is 2. The van der Waals surface area contributed by atoms with Crippen LogP contribution in [0.25, 0.3) is 33.9 Å². The van der Waals surface area contributed by atoms with E-state index in [4.69, 9.17) is 0 Å². The van der Waals surface area contributed by atoms with Crippen molar-refractivity contribution in [3.05, 3.63) is 108 Å². The van der Waals surface area contributed by atoms with Crippen LogP contribution in [0.2, 0.25) is 0 Å². The summed E-state index contributed by atoms with van der Waals surface area (Å²) >= 11 is 2.46. The number of rotatable bonds is 10. The molecule has 2 aromatic heterocycles. The molecule has 0 unspecified atom stereocenters. The zero-order valence-electron chi connectivity index (χ0n) is 29.5. The molecule has 2 heterocycles. The molecule has 0 N–H and O–H groups in total. The molecule has 58 heavy (non-hydrogen) atoms. The molecule has 0 amide bonds. The Morgan fingerprint density at radius 3 is 1.14 bits per heavy atom. The van der Waals surface area contributed by atoms with E-state index in [1.807, 2.05) is 13.8 Å². The van der Waals surface area contributed by atoms with Gasteiger partial charge in [0.25, 0.3) is 0 Å². The van der Waals surface area contributed by atoms with E-state index in [0.717, 1.165) is 48.5 Å². The van der Waals surface area contributed by atoms with E-state index in [2.05, 4.69) is 30.1 Å². The van der Waals surface area contributed by atoms with Crippen molar-refractivity contribution in [3.63, 3.8) is 0 Å². The van der Waals surface area contributed by atoms with Crippen LogP contribution in [0.1, 0.15) is 25.0 Å². The summed E-state index contributed by atoms with van der Waals surface area (Å²) in [7, 11) is 0. The highest BCUT2D eigenvalue weighted by Gasteiger charge is 2.33. The third kappa shape index (κ3) is 11.8. The molecule has 0 spiro atoms. The molecular formula is C36H26F12N6O2S2. The van der Waals surface area contributed by atoms with E-state index < -0.39 is 36.2 Å². The van der Waals surface area contributed by atoms with Crippen molar-refractivity contribution in [3.8, 4) is 45.4 Å². The Bertz CT molecular complexity index is 2130. The zero-order chi connectivity index (χ0) is 42.5. The number of hydrogen-bond acceptors (Lipinski definition) is 8. The highest BCUT2D eigenvalue weighted by Crippen LogP contribution is 2.37. The number of ether oxygens (including phenoxy) is 2. The Labute approximate surface area is 329 Å². The molecule has 0 saturated carbocycles. The Morgan fingerprint density at radius 1 is 0.500 bits per heavy atom. The number of nitrogens with zero attached hydrogens (tertiary/aromatic N) is 6. The van der Waals surface area contributed by atoms with Crippen LogP contribution < -0.4 is 9.47 Å². The lowest BCUT2D eigenvalue weighted by atomic mass is 10.1. The molecule has 6 rings (SSSR count). The van der Waals surface area contributed by atoms with Crippen LogP contribution in [0, 0.1) is 0 Å². The van der Waals surface area contributed by atoms with Gasteiger partial charge in [-0.15, -0.1) is 60.1 Å². The number of halogens is 12. The lowest BCUT2D eigenvalue weighted by molar-refractivity contribution is -0.275. The molecule has 8 nitrogen and oxygen atoms in total. The van der Waals surface area contributed by atoms with Crippen molar-refractivity contribution in [2.45, 2.75) is 48.7 Å². The minimum Gasteiger partial charge on any atom is -0.406 e. The summed E-state index contributed by atoms with van der Waals surface area (Å²) in [4.78, 5) is 0.764. The van der Waals surface area contributed by atoms with Crippen LogP contribution in [-0.4, -0.2) is 54.2 Å². The summed E-state index contributed by atoms with van der Waals surface area (Å²) in [5.74, 6) is 0.351. The topological polar surface area (TPSA) is 79.9 Å². The smallest absolute Gasteiger partial charge is 0.406 e. The van der Waals surface area contributed by atoms with Crippen LogP contribution in [0.15, 0.2) is 107 Å². The minimum atomic E-state index is -4.79. The molecule has 0 aliphatic heterocycles. The SMILES string of the molecule is CCSc1cc(C(F)(F)F)ccc1-n1cc(-c2ccc(OC(F)(F)F)cc2)nn1.CCSc1cc(C(F)(F)F)ccc1-n1cc(-c2ccc(OC(F)(F)F)cc2)nn1. The normalized spacial score (nSPS) is 12.2. The first-order chi connectivity index (χ1) is 27.1. The molecule has 0 fully saturated rings. The first-order valence-corrected chi connectivity index (χ1v) is 18.4. The number of benzene rings is 4. The van der Waals surface area contributed by atoms with E-state index in [0.29, 0.717) is 55.2 Å². The monoisotopic (exact) mass is 866 g/mol. The lowest BCUT2D eigenvalue weighted by Gasteiger charge is -2.12. The van der Waals surface area contributed by atoms with Gasteiger partial charge in [-0.05, 0) is 96.4 Å². The highest BCUT2D eigenvalue weighted by molar-refractivity contribution is 7.99. The molecular weight excluding hydrogens is 841 g/mol. The average Bonchev–Trinajstić information content (AvgIpc) is 3.82. The molecule has 0 saturated heterocycles. The zero-order valence-corrected chi connectivity index (χ0v) is 31.1. The van der Waals surface area contributed by atoms with E-state index in [1.165, 1.54) is 81.7 Å². The standard InChI is InChI=1S/2C18H13F6N3OS/c2*1-2-29-16-9-12(17(19,20)21)5-8-15(16)27-10-14(25-26-27)11-3-6-13(7-4-11)28-18(22,23)24/h2*3-10H,2H2,1H3. The van der Waals surface area contributed by atoms with Crippen LogP contribution in [0.3, 0.4) is 0 Å². The molecule has 0 aliphatic carbocycles. The molecule has 22 heteroatoms. The summed E-state index contributed by atoms with van der Waals surface area (Å²) in [6.07, 6.45) is -15.5. The van der Waals surface area contributed by atoms with Gasteiger partial charge in [0.05, 0.1) is 34.9 Å². The van der Waals surface area contributed by atoms with Crippen LogP contribution in [0.4, 0.5) is 52.7 Å². The van der Waals surface area contributed by atoms with Crippen molar-refractivity contribution >= 4 is 23.5 Å². The predicted octanol–water partition coefficient (Wildman–Crippen LogP) is 11.9. The molecule has 4 aromatic carbocycles. The maximum Gasteiger partial charge on any atom is 0.573 e. The van der Waals surface area contributed by atoms with Gasteiger partial charge in [0, 0.05) is 20.9 Å². The van der Waals surface area contributed by atoms with E-state index in [-0.39, 0.29) is 11.5 Å². The Balaban J connectivity index is 0.000000221. The Hall–Kier alpha value is -5.38. The third-order valence-corrected chi connectivity index (χ3v) is 9.28. The van der Waals surface area contributed by atoms with Crippen molar-refractivity contribution in [2.24, 2.45) is 0 Å². The van der Waals surface area contributed by atoms with Gasteiger partial charge >= 0.3 is 25.1 Å². The van der Waals surface area contributed by atoms with Crippen LogP contribution in [-0.2, 0) is 12.4 Å². The largest absolute Gasteiger partial charge is 0.573 e.